The van der Waals surface area contributed by atoms with Crippen molar-refractivity contribution in [3.63, 3.8) is 0 Å². The number of methoxy groups -OCH3 is 1. The molecule has 1 saturated carbocycles. The van der Waals surface area contributed by atoms with Gasteiger partial charge in [-0.25, -0.2) is 8.78 Å². The van der Waals surface area contributed by atoms with Crippen LogP contribution >= 0.6 is 0 Å². The van der Waals surface area contributed by atoms with Gasteiger partial charge in [0, 0.05) is 18.9 Å². The van der Waals surface area contributed by atoms with Gasteiger partial charge in [-0.3, -0.25) is 4.79 Å². The molecule has 1 saturated heterocycles. The van der Waals surface area contributed by atoms with Crippen LogP contribution in [0.4, 0.5) is 8.78 Å². The van der Waals surface area contributed by atoms with E-state index in [1.165, 1.54) is 12.0 Å². The molecular weight excluding hydrogens is 284 g/mol. The topological polar surface area (TPSA) is 68.5 Å². The van der Waals surface area contributed by atoms with Crippen LogP contribution in [0.1, 0.15) is 43.9 Å². The SMILES string of the molecule is COCc1noc([C@@H]2CC(F)(F)CN2C(=O)C2(C)CC2)n1. The van der Waals surface area contributed by atoms with Crippen LogP contribution in [-0.2, 0) is 16.1 Å². The first kappa shape index (κ1) is 14.4. The Morgan fingerprint density at radius 2 is 2.24 bits per heavy atom. The third-order valence-corrected chi connectivity index (χ3v) is 4.09. The number of aromatic nitrogens is 2. The van der Waals surface area contributed by atoms with Crippen molar-refractivity contribution in [2.24, 2.45) is 5.41 Å². The first-order chi connectivity index (χ1) is 9.85. The summed E-state index contributed by atoms with van der Waals surface area (Å²) in [4.78, 5) is 17.7. The number of nitrogens with zero attached hydrogens (tertiary/aromatic N) is 3. The second kappa shape index (κ2) is 4.72. The molecule has 1 aromatic heterocycles. The largest absolute Gasteiger partial charge is 0.377 e. The number of ether oxygens (including phenoxy) is 1. The maximum absolute atomic E-state index is 13.7. The van der Waals surface area contributed by atoms with Crippen molar-refractivity contribution in [2.75, 3.05) is 13.7 Å². The second-order valence-electron chi connectivity index (χ2n) is 6.05. The summed E-state index contributed by atoms with van der Waals surface area (Å²) in [5.74, 6) is -2.85. The van der Waals surface area contributed by atoms with E-state index in [4.69, 9.17) is 9.26 Å². The number of hydrogen-bond donors (Lipinski definition) is 0. The van der Waals surface area contributed by atoms with Crippen molar-refractivity contribution in [1.82, 2.24) is 15.0 Å². The average Bonchev–Trinajstić information content (AvgIpc) is 2.86. The molecule has 0 aromatic carbocycles. The minimum absolute atomic E-state index is 0.0526. The Hall–Kier alpha value is -1.57. The van der Waals surface area contributed by atoms with Crippen molar-refractivity contribution in [3.05, 3.63) is 11.7 Å². The number of alkyl halides is 2. The quantitative estimate of drug-likeness (QED) is 0.850. The highest BCUT2D eigenvalue weighted by Crippen LogP contribution is 2.50. The fourth-order valence-electron chi connectivity index (χ4n) is 2.59. The Kier molecular flexibility index (Phi) is 3.23. The Balaban J connectivity index is 1.84. The summed E-state index contributed by atoms with van der Waals surface area (Å²) in [6, 6.07) is -0.858. The van der Waals surface area contributed by atoms with Crippen molar-refractivity contribution >= 4 is 5.91 Å². The van der Waals surface area contributed by atoms with E-state index < -0.39 is 30.3 Å². The molecule has 0 radical (unpaired) electrons. The maximum atomic E-state index is 13.7. The summed E-state index contributed by atoms with van der Waals surface area (Å²) in [5.41, 5.74) is -0.506. The van der Waals surface area contributed by atoms with Crippen molar-refractivity contribution in [2.45, 2.75) is 44.8 Å². The number of carbonyl (C=O) groups is 1. The van der Waals surface area contributed by atoms with Crippen molar-refractivity contribution in [3.8, 4) is 0 Å². The van der Waals surface area contributed by atoms with Gasteiger partial charge in [0.1, 0.15) is 12.6 Å². The summed E-state index contributed by atoms with van der Waals surface area (Å²) < 4.78 is 37.4. The first-order valence-corrected chi connectivity index (χ1v) is 6.85. The van der Waals surface area contributed by atoms with Crippen LogP contribution in [0.25, 0.3) is 0 Å². The number of hydrogen-bond acceptors (Lipinski definition) is 5. The van der Waals surface area contributed by atoms with Gasteiger partial charge in [-0.2, -0.15) is 4.98 Å². The number of halogens is 2. The van der Waals surface area contributed by atoms with Gasteiger partial charge >= 0.3 is 0 Å². The van der Waals surface area contributed by atoms with E-state index in [0.717, 1.165) is 12.8 Å². The zero-order valence-electron chi connectivity index (χ0n) is 11.9. The number of likely N-dealkylation sites (tertiary alicyclic amines) is 1. The standard InChI is InChI=1S/C13H17F2N3O3/c1-12(3-4-12)11(19)18-7-13(14,15)5-8(18)10-16-9(6-20-2)17-21-10/h8H,3-7H2,1-2H3/t8-/m0/s1. The number of amides is 1. The summed E-state index contributed by atoms with van der Waals surface area (Å²) in [7, 11) is 1.48. The molecule has 0 bridgehead atoms. The maximum Gasteiger partial charge on any atom is 0.267 e. The Morgan fingerprint density at radius 3 is 2.86 bits per heavy atom. The summed E-state index contributed by atoms with van der Waals surface area (Å²) in [5, 5.41) is 3.68. The third kappa shape index (κ3) is 2.64. The molecule has 116 valence electrons. The molecule has 0 spiro atoms. The van der Waals surface area contributed by atoms with Crippen molar-refractivity contribution < 1.29 is 22.8 Å². The summed E-state index contributed by atoms with van der Waals surface area (Å²) in [6.45, 7) is 1.35. The lowest BCUT2D eigenvalue weighted by Gasteiger charge is -2.24. The normalized spacial score (nSPS) is 26.1. The molecule has 2 aliphatic rings. The molecule has 2 heterocycles. The van der Waals surface area contributed by atoms with Gasteiger partial charge in [-0.15, -0.1) is 0 Å². The lowest BCUT2D eigenvalue weighted by Crippen LogP contribution is -2.37. The predicted octanol–water partition coefficient (Wildman–Crippen LogP) is 1.92. The molecule has 2 fully saturated rings. The van der Waals surface area contributed by atoms with Gasteiger partial charge in [0.25, 0.3) is 5.92 Å². The van der Waals surface area contributed by atoms with E-state index >= 15 is 0 Å². The van der Waals surface area contributed by atoms with Crippen LogP contribution in [0.5, 0.6) is 0 Å². The fourth-order valence-corrected chi connectivity index (χ4v) is 2.59. The zero-order valence-corrected chi connectivity index (χ0v) is 11.9. The Bertz CT molecular complexity index is 557. The van der Waals surface area contributed by atoms with Crippen LogP contribution in [0.3, 0.4) is 0 Å². The van der Waals surface area contributed by atoms with E-state index in [2.05, 4.69) is 10.1 Å². The zero-order chi connectivity index (χ0) is 15.3. The molecule has 1 amide bonds. The highest BCUT2D eigenvalue weighted by atomic mass is 19.3. The minimum atomic E-state index is -2.93. The highest BCUT2D eigenvalue weighted by molar-refractivity contribution is 5.85. The van der Waals surface area contributed by atoms with Crippen LogP contribution in [0.15, 0.2) is 4.52 Å². The minimum Gasteiger partial charge on any atom is -0.377 e. The Labute approximate surface area is 120 Å². The van der Waals surface area contributed by atoms with Crippen LogP contribution in [-0.4, -0.2) is 40.5 Å². The molecular formula is C13H17F2N3O3. The van der Waals surface area contributed by atoms with E-state index in [1.807, 2.05) is 0 Å². The van der Waals surface area contributed by atoms with Crippen LogP contribution in [0, 0.1) is 5.41 Å². The summed E-state index contributed by atoms with van der Waals surface area (Å²) >= 11 is 0. The lowest BCUT2D eigenvalue weighted by atomic mass is 10.1. The number of rotatable bonds is 4. The van der Waals surface area contributed by atoms with E-state index in [-0.39, 0.29) is 24.2 Å². The molecule has 1 aliphatic heterocycles. The number of carbonyl (C=O) groups excluding carboxylic acids is 1. The highest BCUT2D eigenvalue weighted by Gasteiger charge is 2.56. The lowest BCUT2D eigenvalue weighted by molar-refractivity contribution is -0.139. The molecule has 1 aliphatic carbocycles. The molecule has 0 unspecified atom stereocenters. The molecule has 1 atom stereocenters. The van der Waals surface area contributed by atoms with Gasteiger partial charge in [-0.05, 0) is 12.8 Å². The van der Waals surface area contributed by atoms with Crippen molar-refractivity contribution in [1.29, 1.82) is 0 Å². The van der Waals surface area contributed by atoms with E-state index in [1.54, 1.807) is 6.92 Å². The monoisotopic (exact) mass is 301 g/mol. The van der Waals surface area contributed by atoms with Crippen LogP contribution < -0.4 is 0 Å². The molecule has 0 N–H and O–H groups in total. The average molecular weight is 301 g/mol. The first-order valence-electron chi connectivity index (χ1n) is 6.85. The molecule has 8 heteroatoms. The Morgan fingerprint density at radius 1 is 1.52 bits per heavy atom. The predicted molar refractivity (Wildman–Crippen MR) is 66.4 cm³/mol. The smallest absolute Gasteiger partial charge is 0.267 e. The molecule has 1 aromatic rings. The molecule has 3 rings (SSSR count). The molecule has 21 heavy (non-hydrogen) atoms. The summed E-state index contributed by atoms with van der Waals surface area (Å²) in [6.07, 6.45) is 0.988. The fraction of sp³-hybridized carbons (Fsp3) is 0.769. The third-order valence-electron chi connectivity index (χ3n) is 4.09. The van der Waals surface area contributed by atoms with Gasteiger partial charge in [-0.1, -0.05) is 12.1 Å². The van der Waals surface area contributed by atoms with Gasteiger partial charge in [0.2, 0.25) is 11.8 Å². The van der Waals surface area contributed by atoms with Gasteiger partial charge < -0.3 is 14.2 Å². The van der Waals surface area contributed by atoms with Gasteiger partial charge in [0.15, 0.2) is 5.82 Å². The van der Waals surface area contributed by atoms with E-state index in [0.29, 0.717) is 0 Å². The van der Waals surface area contributed by atoms with E-state index in [9.17, 15) is 13.6 Å². The van der Waals surface area contributed by atoms with Gasteiger partial charge in [0.05, 0.1) is 6.54 Å². The second-order valence-corrected chi connectivity index (χ2v) is 6.05. The van der Waals surface area contributed by atoms with Crippen LogP contribution in [0.2, 0.25) is 0 Å². The molecule has 6 nitrogen and oxygen atoms in total.